The Morgan fingerprint density at radius 3 is 2.69 bits per heavy atom. The molecule has 1 aliphatic rings. The first-order chi connectivity index (χ1) is 12.4. The molecule has 2 aromatic rings. The van der Waals surface area contributed by atoms with Crippen molar-refractivity contribution in [2.45, 2.75) is 20.4 Å². The van der Waals surface area contributed by atoms with E-state index in [1.54, 1.807) is 18.7 Å². The van der Waals surface area contributed by atoms with Crippen LogP contribution in [-0.2, 0) is 16.1 Å². The first-order valence-electron chi connectivity index (χ1n) is 8.67. The second-order valence-electron chi connectivity index (χ2n) is 6.47. The third-order valence-electron chi connectivity index (χ3n) is 4.65. The van der Waals surface area contributed by atoms with Gasteiger partial charge in [-0.3, -0.25) is 14.2 Å². The average molecular weight is 379 g/mol. The van der Waals surface area contributed by atoms with E-state index in [-0.39, 0.29) is 24.6 Å². The van der Waals surface area contributed by atoms with Crippen LogP contribution >= 0.6 is 11.3 Å². The van der Waals surface area contributed by atoms with E-state index in [9.17, 15) is 14.4 Å². The number of nitrogens with one attached hydrogen (secondary N) is 1. The van der Waals surface area contributed by atoms with Crippen molar-refractivity contribution in [3.05, 3.63) is 27.1 Å². The highest BCUT2D eigenvalue weighted by Crippen LogP contribution is 2.27. The molecule has 1 aliphatic heterocycles. The van der Waals surface area contributed by atoms with Crippen molar-refractivity contribution in [3.8, 4) is 0 Å². The molecule has 8 nitrogen and oxygen atoms in total. The van der Waals surface area contributed by atoms with Crippen LogP contribution in [0.15, 0.2) is 11.1 Å². The monoisotopic (exact) mass is 379 g/mol. The minimum absolute atomic E-state index is 0.0369. The molecule has 26 heavy (non-hydrogen) atoms. The zero-order chi connectivity index (χ0) is 18.8. The molecule has 3 rings (SSSR count). The van der Waals surface area contributed by atoms with E-state index in [1.165, 1.54) is 15.8 Å². The summed E-state index contributed by atoms with van der Waals surface area (Å²) in [6.07, 6.45) is 1.38. The Balaban J connectivity index is 1.87. The summed E-state index contributed by atoms with van der Waals surface area (Å²) in [6, 6.07) is 0. The van der Waals surface area contributed by atoms with E-state index >= 15 is 0 Å². The Hall–Kier alpha value is -2.26. The van der Waals surface area contributed by atoms with Crippen molar-refractivity contribution in [1.29, 1.82) is 0 Å². The highest BCUT2D eigenvalue weighted by molar-refractivity contribution is 7.20. The lowest BCUT2D eigenvalue weighted by atomic mass is 10.2. The maximum absolute atomic E-state index is 12.8. The van der Waals surface area contributed by atoms with Crippen LogP contribution in [-0.4, -0.2) is 66.2 Å². The molecule has 3 heterocycles. The van der Waals surface area contributed by atoms with Crippen molar-refractivity contribution in [2.75, 3.05) is 39.8 Å². The molecule has 2 aromatic heterocycles. The van der Waals surface area contributed by atoms with Crippen LogP contribution in [0.5, 0.6) is 0 Å². The van der Waals surface area contributed by atoms with Gasteiger partial charge in [-0.2, -0.15) is 0 Å². The number of amides is 1. The number of ether oxygens (including phenoxy) is 1. The van der Waals surface area contributed by atoms with E-state index in [4.69, 9.17) is 4.74 Å². The molecule has 0 aromatic carbocycles. The van der Waals surface area contributed by atoms with Gasteiger partial charge in [0.15, 0.2) is 0 Å². The molecule has 0 spiro atoms. The first-order valence-corrected chi connectivity index (χ1v) is 9.48. The van der Waals surface area contributed by atoms with Crippen molar-refractivity contribution < 1.29 is 19.2 Å². The van der Waals surface area contributed by atoms with Crippen LogP contribution in [0.1, 0.15) is 22.2 Å². The van der Waals surface area contributed by atoms with Crippen LogP contribution in [0.4, 0.5) is 0 Å². The summed E-state index contributed by atoms with van der Waals surface area (Å²) in [5.41, 5.74) is 0.262. The molecule has 0 saturated carbocycles. The second kappa shape index (κ2) is 7.55. The van der Waals surface area contributed by atoms with E-state index in [0.29, 0.717) is 33.7 Å². The Morgan fingerprint density at radius 1 is 1.35 bits per heavy atom. The van der Waals surface area contributed by atoms with Crippen LogP contribution in [0.3, 0.4) is 0 Å². The summed E-state index contributed by atoms with van der Waals surface area (Å²) >= 11 is 1.14. The predicted octanol–water partition coefficient (Wildman–Crippen LogP) is -0.700. The summed E-state index contributed by atoms with van der Waals surface area (Å²) in [5, 5.41) is 0.385. The number of carbonyl (C=O) groups is 2. The van der Waals surface area contributed by atoms with Gasteiger partial charge in [0.05, 0.1) is 51.5 Å². The van der Waals surface area contributed by atoms with E-state index in [2.05, 4.69) is 12.0 Å². The molecule has 0 radical (unpaired) electrons. The van der Waals surface area contributed by atoms with Gasteiger partial charge in [0.1, 0.15) is 16.3 Å². The van der Waals surface area contributed by atoms with Gasteiger partial charge in [0.2, 0.25) is 5.91 Å². The van der Waals surface area contributed by atoms with Crippen molar-refractivity contribution in [2.24, 2.45) is 0 Å². The Kier molecular flexibility index (Phi) is 5.38. The average Bonchev–Trinajstić information content (AvgIpc) is 2.95. The highest BCUT2D eigenvalue weighted by atomic mass is 32.1. The molecule has 0 unspecified atom stereocenters. The fraction of sp³-hybridized carbons (Fsp3) is 0.529. The largest absolute Gasteiger partial charge is 0.462 e. The minimum atomic E-state index is -0.449. The molecule has 1 N–H and O–H groups in total. The molecule has 1 saturated heterocycles. The number of aryl methyl sites for hydroxylation is 1. The molecule has 0 atom stereocenters. The number of esters is 1. The summed E-state index contributed by atoms with van der Waals surface area (Å²) in [5.74, 6) is -0.533. The maximum atomic E-state index is 12.8. The number of quaternary nitrogens is 1. The summed E-state index contributed by atoms with van der Waals surface area (Å²) in [4.78, 5) is 45.7. The van der Waals surface area contributed by atoms with Crippen molar-refractivity contribution in [1.82, 2.24) is 14.5 Å². The number of carbonyl (C=O) groups excluding carboxylic acids is 2. The zero-order valence-corrected chi connectivity index (χ0v) is 16.0. The molecule has 1 amide bonds. The Bertz CT molecular complexity index is 896. The lowest BCUT2D eigenvalue weighted by Gasteiger charge is -2.30. The van der Waals surface area contributed by atoms with Gasteiger partial charge in [-0.1, -0.05) is 0 Å². The molecule has 0 bridgehead atoms. The van der Waals surface area contributed by atoms with Gasteiger partial charge < -0.3 is 14.5 Å². The lowest BCUT2D eigenvalue weighted by Crippen LogP contribution is -3.12. The van der Waals surface area contributed by atoms with Gasteiger partial charge in [-0.05, 0) is 19.4 Å². The summed E-state index contributed by atoms with van der Waals surface area (Å²) in [6.45, 7) is 6.88. The summed E-state index contributed by atoms with van der Waals surface area (Å²) in [7, 11) is 2.10. The number of thiophene rings is 1. The molecule has 140 valence electrons. The number of aromatic nitrogens is 2. The number of fused-ring (bicyclic) bond motifs is 1. The number of piperazine rings is 1. The van der Waals surface area contributed by atoms with Crippen LogP contribution < -0.4 is 10.5 Å². The lowest BCUT2D eigenvalue weighted by molar-refractivity contribution is -0.883. The quantitative estimate of drug-likeness (QED) is 0.710. The molecule has 0 aliphatic carbocycles. The number of nitrogens with zero attached hydrogens (tertiary/aromatic N) is 3. The van der Waals surface area contributed by atoms with Gasteiger partial charge >= 0.3 is 5.97 Å². The molecular weight excluding hydrogens is 356 g/mol. The van der Waals surface area contributed by atoms with Crippen molar-refractivity contribution in [3.63, 3.8) is 0 Å². The third kappa shape index (κ3) is 3.49. The van der Waals surface area contributed by atoms with Gasteiger partial charge in [-0.15, -0.1) is 11.3 Å². The van der Waals surface area contributed by atoms with E-state index < -0.39 is 5.97 Å². The number of rotatable bonds is 4. The van der Waals surface area contributed by atoms with Crippen LogP contribution in [0, 0.1) is 6.92 Å². The van der Waals surface area contributed by atoms with Gasteiger partial charge in [-0.25, -0.2) is 9.78 Å². The standard InChI is InChI=1S/C17H22N4O4S/c1-4-25-17(24)14-11(2)13-15(26-14)18-10-21(16(13)23)9-12(22)20-7-5-19(3)6-8-20/h10H,4-9H2,1-3H3/p+1. The predicted molar refractivity (Wildman–Crippen MR) is 97.8 cm³/mol. The smallest absolute Gasteiger partial charge is 0.348 e. The fourth-order valence-electron chi connectivity index (χ4n) is 3.05. The summed E-state index contributed by atoms with van der Waals surface area (Å²) < 4.78 is 6.36. The normalized spacial score (nSPS) is 15.4. The van der Waals surface area contributed by atoms with Gasteiger partial charge in [0.25, 0.3) is 5.56 Å². The Morgan fingerprint density at radius 2 is 2.04 bits per heavy atom. The number of hydrogen-bond acceptors (Lipinski definition) is 6. The maximum Gasteiger partial charge on any atom is 0.348 e. The molecule has 1 fully saturated rings. The van der Waals surface area contributed by atoms with Crippen LogP contribution in [0.2, 0.25) is 0 Å². The zero-order valence-electron chi connectivity index (χ0n) is 15.2. The topological polar surface area (TPSA) is 85.9 Å². The first kappa shape index (κ1) is 18.5. The SMILES string of the molecule is CCOC(=O)c1sc2ncn(CC(=O)N3CC[NH+](C)CC3)c(=O)c2c1C. The third-order valence-corrected chi connectivity index (χ3v) is 5.83. The minimum Gasteiger partial charge on any atom is -0.462 e. The van der Waals surface area contributed by atoms with E-state index in [1.807, 2.05) is 0 Å². The Labute approximate surface area is 155 Å². The number of likely N-dealkylation sites (N-methyl/N-ethyl adjacent to an activating group) is 1. The fourth-order valence-corrected chi connectivity index (χ4v) is 4.08. The van der Waals surface area contributed by atoms with Gasteiger partial charge in [0, 0.05) is 0 Å². The number of hydrogen-bond donors (Lipinski definition) is 1. The van der Waals surface area contributed by atoms with Crippen molar-refractivity contribution >= 4 is 33.4 Å². The molecule has 9 heteroatoms. The van der Waals surface area contributed by atoms with E-state index in [0.717, 1.165) is 24.4 Å². The second-order valence-corrected chi connectivity index (χ2v) is 7.47. The van der Waals surface area contributed by atoms with Crippen LogP contribution in [0.25, 0.3) is 10.2 Å². The highest BCUT2D eigenvalue weighted by Gasteiger charge is 2.24. The molecular formula is C17H23N4O4S+.